The Morgan fingerprint density at radius 2 is 1.59 bits per heavy atom. The number of hydrogen-bond acceptors (Lipinski definition) is 2. The molecule has 0 aliphatic heterocycles. The standard InChI is InChI=1S/C27H44O2/c1-17(2)7-6-8-18(3)21-11-12-22-20-10-9-19-15-24(28)25(29)16-27(19,5)23(20)13-14-26(21,22)4/h17-23H,6-16H2,1-5H3/t18-,19+,20+,21-,22+,23+,26-,27+/m1/s1. The molecular formula is C27H44O2. The van der Waals surface area contributed by atoms with Crippen LogP contribution in [0.5, 0.6) is 0 Å². The molecule has 0 spiro atoms. The molecule has 0 unspecified atom stereocenters. The Bertz CT molecular complexity index is 651. The van der Waals surface area contributed by atoms with E-state index in [1.54, 1.807) is 0 Å². The SMILES string of the molecule is CC(C)CCC[C@@H](C)[C@H]1CC[C@H]2[C@@H]3CC[C@H]4CC(=O)C(=O)C[C@]4(C)[C@H]3CC[C@]12C. The van der Waals surface area contributed by atoms with Crippen LogP contribution in [0, 0.1) is 52.3 Å². The van der Waals surface area contributed by atoms with Gasteiger partial charge in [0.25, 0.3) is 0 Å². The van der Waals surface area contributed by atoms with Crippen molar-refractivity contribution >= 4 is 11.6 Å². The van der Waals surface area contributed by atoms with Gasteiger partial charge in [0.15, 0.2) is 11.6 Å². The van der Waals surface area contributed by atoms with E-state index in [1.165, 1.54) is 57.8 Å². The largest absolute Gasteiger partial charge is 0.291 e. The molecule has 4 saturated carbocycles. The Hall–Kier alpha value is -0.660. The van der Waals surface area contributed by atoms with E-state index in [2.05, 4.69) is 34.6 Å². The summed E-state index contributed by atoms with van der Waals surface area (Å²) < 4.78 is 0. The fourth-order valence-electron chi connectivity index (χ4n) is 8.95. The van der Waals surface area contributed by atoms with E-state index in [4.69, 9.17) is 0 Å². The highest BCUT2D eigenvalue weighted by molar-refractivity contribution is 6.38. The average Bonchev–Trinajstić information content (AvgIpc) is 3.00. The highest BCUT2D eigenvalue weighted by Gasteiger charge is 2.61. The molecule has 0 saturated heterocycles. The summed E-state index contributed by atoms with van der Waals surface area (Å²) in [5.74, 6) is 5.20. The van der Waals surface area contributed by atoms with Crippen molar-refractivity contribution in [3.05, 3.63) is 0 Å². The second kappa shape index (κ2) is 7.79. The summed E-state index contributed by atoms with van der Waals surface area (Å²) in [7, 11) is 0. The first-order valence-electron chi connectivity index (χ1n) is 12.7. The predicted molar refractivity (Wildman–Crippen MR) is 118 cm³/mol. The van der Waals surface area contributed by atoms with Crippen LogP contribution in [0.4, 0.5) is 0 Å². The summed E-state index contributed by atoms with van der Waals surface area (Å²) in [6.07, 6.45) is 13.2. The molecule has 0 aromatic rings. The van der Waals surface area contributed by atoms with Crippen molar-refractivity contribution in [3.8, 4) is 0 Å². The van der Waals surface area contributed by atoms with Crippen molar-refractivity contribution in [2.24, 2.45) is 52.3 Å². The van der Waals surface area contributed by atoms with Crippen LogP contribution < -0.4 is 0 Å². The minimum absolute atomic E-state index is 0.0687. The molecule has 0 bridgehead atoms. The molecule has 0 N–H and O–H groups in total. The van der Waals surface area contributed by atoms with Crippen LogP contribution in [0.25, 0.3) is 0 Å². The van der Waals surface area contributed by atoms with Crippen LogP contribution in [0.2, 0.25) is 0 Å². The normalized spacial score (nSPS) is 45.7. The third-order valence-corrected chi connectivity index (χ3v) is 10.6. The number of carbonyl (C=O) groups is 2. The van der Waals surface area contributed by atoms with Crippen molar-refractivity contribution in [2.45, 2.75) is 105 Å². The molecule has 4 aliphatic rings. The highest BCUT2D eigenvalue weighted by Crippen LogP contribution is 2.68. The topological polar surface area (TPSA) is 34.1 Å². The first-order chi connectivity index (χ1) is 13.7. The molecule has 164 valence electrons. The third kappa shape index (κ3) is 3.55. The highest BCUT2D eigenvalue weighted by atomic mass is 16.2. The molecule has 0 aromatic carbocycles. The number of hydrogen-bond donors (Lipinski definition) is 0. The van der Waals surface area contributed by atoms with Crippen LogP contribution in [0.3, 0.4) is 0 Å². The molecule has 4 fully saturated rings. The van der Waals surface area contributed by atoms with Gasteiger partial charge in [-0.1, -0.05) is 53.9 Å². The Labute approximate surface area is 179 Å². The van der Waals surface area contributed by atoms with Gasteiger partial charge in [-0.05, 0) is 90.8 Å². The van der Waals surface area contributed by atoms with E-state index in [1.807, 2.05) is 0 Å². The lowest BCUT2D eigenvalue weighted by molar-refractivity contribution is -0.154. The number of carbonyl (C=O) groups excluding carboxylic acids is 2. The van der Waals surface area contributed by atoms with Crippen molar-refractivity contribution in [2.75, 3.05) is 0 Å². The summed E-state index contributed by atoms with van der Waals surface area (Å²) in [5, 5.41) is 0. The first-order valence-corrected chi connectivity index (χ1v) is 12.7. The molecule has 8 atom stereocenters. The predicted octanol–water partition coefficient (Wildman–Crippen LogP) is 6.86. The lowest BCUT2D eigenvalue weighted by Gasteiger charge is -2.60. The van der Waals surface area contributed by atoms with Gasteiger partial charge >= 0.3 is 0 Å². The van der Waals surface area contributed by atoms with Crippen molar-refractivity contribution in [1.29, 1.82) is 0 Å². The van der Waals surface area contributed by atoms with Crippen LogP contribution in [-0.2, 0) is 9.59 Å². The lowest BCUT2D eigenvalue weighted by Crippen LogP contribution is -2.55. The summed E-state index contributed by atoms with van der Waals surface area (Å²) in [5.41, 5.74) is 0.603. The van der Waals surface area contributed by atoms with E-state index in [0.717, 1.165) is 29.6 Å². The van der Waals surface area contributed by atoms with Gasteiger partial charge < -0.3 is 0 Å². The Balaban J connectivity index is 1.49. The van der Waals surface area contributed by atoms with Gasteiger partial charge in [-0.2, -0.15) is 0 Å². The lowest BCUT2D eigenvalue weighted by atomic mass is 9.44. The molecule has 4 aliphatic carbocycles. The zero-order valence-corrected chi connectivity index (χ0v) is 19.6. The molecule has 0 radical (unpaired) electrons. The number of fused-ring (bicyclic) bond motifs is 5. The quantitative estimate of drug-likeness (QED) is 0.473. The van der Waals surface area contributed by atoms with Gasteiger partial charge in [0.1, 0.15) is 0 Å². The van der Waals surface area contributed by atoms with E-state index in [9.17, 15) is 9.59 Å². The summed E-state index contributed by atoms with van der Waals surface area (Å²) in [6, 6.07) is 0. The summed E-state index contributed by atoms with van der Waals surface area (Å²) >= 11 is 0. The molecule has 0 amide bonds. The van der Waals surface area contributed by atoms with Crippen LogP contribution in [-0.4, -0.2) is 11.6 Å². The fourth-order valence-corrected chi connectivity index (χ4v) is 8.95. The first kappa shape index (κ1) is 21.6. The number of Topliss-reactive ketones (excluding diaryl/α,β-unsaturated/α-hetero) is 2. The average molecular weight is 401 g/mol. The van der Waals surface area contributed by atoms with E-state index in [0.29, 0.717) is 30.1 Å². The Morgan fingerprint density at radius 3 is 2.31 bits per heavy atom. The molecule has 0 aromatic heterocycles. The molecule has 2 heteroatoms. The van der Waals surface area contributed by atoms with E-state index >= 15 is 0 Å². The minimum Gasteiger partial charge on any atom is -0.291 e. The number of rotatable bonds is 5. The maximum Gasteiger partial charge on any atom is 0.198 e. The van der Waals surface area contributed by atoms with Gasteiger partial charge in [0.05, 0.1) is 0 Å². The van der Waals surface area contributed by atoms with E-state index < -0.39 is 0 Å². The molecule has 2 nitrogen and oxygen atoms in total. The van der Waals surface area contributed by atoms with Gasteiger partial charge in [0.2, 0.25) is 0 Å². The van der Waals surface area contributed by atoms with Crippen molar-refractivity contribution in [1.82, 2.24) is 0 Å². The van der Waals surface area contributed by atoms with Crippen LogP contribution in [0.15, 0.2) is 0 Å². The molecule has 29 heavy (non-hydrogen) atoms. The van der Waals surface area contributed by atoms with Crippen molar-refractivity contribution in [3.63, 3.8) is 0 Å². The van der Waals surface area contributed by atoms with Crippen molar-refractivity contribution < 1.29 is 9.59 Å². The third-order valence-electron chi connectivity index (χ3n) is 10.6. The fraction of sp³-hybridized carbons (Fsp3) is 0.926. The van der Waals surface area contributed by atoms with Crippen LogP contribution >= 0.6 is 0 Å². The second-order valence-electron chi connectivity index (χ2n) is 12.4. The monoisotopic (exact) mass is 400 g/mol. The minimum atomic E-state index is -0.0808. The Kier molecular flexibility index (Phi) is 5.79. The second-order valence-corrected chi connectivity index (χ2v) is 12.4. The maximum absolute atomic E-state index is 12.4. The number of ketones is 2. The van der Waals surface area contributed by atoms with Gasteiger partial charge in [-0.3, -0.25) is 9.59 Å². The molecular weight excluding hydrogens is 356 g/mol. The molecule has 4 rings (SSSR count). The molecule has 0 heterocycles. The van der Waals surface area contributed by atoms with Gasteiger partial charge in [-0.15, -0.1) is 0 Å². The van der Waals surface area contributed by atoms with Gasteiger partial charge in [-0.25, -0.2) is 0 Å². The maximum atomic E-state index is 12.4. The van der Waals surface area contributed by atoms with Gasteiger partial charge in [0, 0.05) is 12.8 Å². The zero-order valence-electron chi connectivity index (χ0n) is 19.6. The summed E-state index contributed by atoms with van der Waals surface area (Å²) in [6.45, 7) is 12.2. The van der Waals surface area contributed by atoms with E-state index in [-0.39, 0.29) is 17.0 Å². The zero-order chi connectivity index (χ0) is 21.0. The van der Waals surface area contributed by atoms with Crippen LogP contribution in [0.1, 0.15) is 105 Å². The summed E-state index contributed by atoms with van der Waals surface area (Å²) in [4.78, 5) is 24.4. The smallest absolute Gasteiger partial charge is 0.198 e. The Morgan fingerprint density at radius 1 is 0.862 bits per heavy atom.